The summed E-state index contributed by atoms with van der Waals surface area (Å²) in [6, 6.07) is 0.353. The molecule has 1 aliphatic carbocycles. The van der Waals surface area contributed by atoms with Gasteiger partial charge in [-0.1, -0.05) is 13.8 Å². The normalized spacial score (nSPS) is 31.1. The van der Waals surface area contributed by atoms with Gasteiger partial charge in [0.15, 0.2) is 0 Å². The molecule has 3 nitrogen and oxygen atoms in total. The summed E-state index contributed by atoms with van der Waals surface area (Å²) in [4.78, 5) is 0. The highest BCUT2D eigenvalue weighted by molar-refractivity contribution is 7.90. The molecule has 0 aliphatic heterocycles. The van der Waals surface area contributed by atoms with Crippen molar-refractivity contribution in [2.75, 3.05) is 18.6 Å². The fourth-order valence-electron chi connectivity index (χ4n) is 1.64. The lowest BCUT2D eigenvalue weighted by Gasteiger charge is -2.49. The minimum Gasteiger partial charge on any atom is -0.312 e. The second-order valence-electron chi connectivity index (χ2n) is 4.66. The molecule has 0 saturated heterocycles. The van der Waals surface area contributed by atoms with Crippen molar-refractivity contribution in [3.8, 4) is 0 Å². The summed E-state index contributed by atoms with van der Waals surface area (Å²) in [6.45, 7) is 4.73. The zero-order valence-electron chi connectivity index (χ0n) is 8.88. The molecule has 1 saturated carbocycles. The van der Waals surface area contributed by atoms with Gasteiger partial charge in [-0.2, -0.15) is 0 Å². The fraction of sp³-hybridized carbons (Fsp3) is 1.00. The third-order valence-corrected chi connectivity index (χ3v) is 4.70. The molecule has 0 amide bonds. The first-order chi connectivity index (χ1) is 6.23. The van der Waals surface area contributed by atoms with Crippen LogP contribution in [0.25, 0.3) is 0 Å². The van der Waals surface area contributed by atoms with Crippen LogP contribution in [0.15, 0.2) is 0 Å². The molecule has 5 heteroatoms. The topological polar surface area (TPSA) is 46.2 Å². The first kappa shape index (κ1) is 12.3. The van der Waals surface area contributed by atoms with Crippen molar-refractivity contribution in [2.24, 2.45) is 5.41 Å². The van der Waals surface area contributed by atoms with E-state index in [1.165, 1.54) is 6.26 Å². The molecule has 14 heavy (non-hydrogen) atoms. The quantitative estimate of drug-likeness (QED) is 0.746. The zero-order valence-corrected chi connectivity index (χ0v) is 10.5. The highest BCUT2D eigenvalue weighted by Gasteiger charge is 2.46. The second kappa shape index (κ2) is 3.99. The van der Waals surface area contributed by atoms with E-state index in [4.69, 9.17) is 11.6 Å². The monoisotopic (exact) mass is 239 g/mol. The Labute approximate surface area is 91.1 Å². The Bertz CT molecular complexity index is 300. The van der Waals surface area contributed by atoms with Crippen molar-refractivity contribution in [3.63, 3.8) is 0 Å². The van der Waals surface area contributed by atoms with Crippen molar-refractivity contribution in [1.29, 1.82) is 0 Å². The van der Waals surface area contributed by atoms with Crippen LogP contribution in [0.4, 0.5) is 0 Å². The van der Waals surface area contributed by atoms with Gasteiger partial charge < -0.3 is 5.32 Å². The van der Waals surface area contributed by atoms with E-state index in [-0.39, 0.29) is 16.5 Å². The maximum Gasteiger partial charge on any atom is 0.148 e. The van der Waals surface area contributed by atoms with Gasteiger partial charge in [0.1, 0.15) is 9.84 Å². The fourth-order valence-corrected chi connectivity index (χ4v) is 2.46. The number of sulfone groups is 1. The number of hydrogen-bond donors (Lipinski definition) is 1. The molecule has 0 aromatic carbocycles. The summed E-state index contributed by atoms with van der Waals surface area (Å²) in [6.07, 6.45) is 2.18. The first-order valence-electron chi connectivity index (χ1n) is 4.78. The zero-order chi connectivity index (χ0) is 11.0. The van der Waals surface area contributed by atoms with Gasteiger partial charge in [-0.25, -0.2) is 8.42 Å². The third-order valence-electron chi connectivity index (χ3n) is 3.01. The average Bonchev–Trinajstić information content (AvgIpc) is 2.01. The Kier molecular flexibility index (Phi) is 3.49. The number of halogens is 1. The summed E-state index contributed by atoms with van der Waals surface area (Å²) in [5.74, 6) is 0.201. The van der Waals surface area contributed by atoms with Crippen molar-refractivity contribution in [2.45, 2.75) is 31.7 Å². The van der Waals surface area contributed by atoms with Crippen LogP contribution >= 0.6 is 11.6 Å². The lowest BCUT2D eigenvalue weighted by atomic mass is 9.67. The maximum atomic E-state index is 10.9. The van der Waals surface area contributed by atoms with Crippen molar-refractivity contribution < 1.29 is 8.42 Å². The number of nitrogens with one attached hydrogen (secondary N) is 1. The summed E-state index contributed by atoms with van der Waals surface area (Å²) in [5.41, 5.74) is 0.0824. The largest absolute Gasteiger partial charge is 0.312 e. The highest BCUT2D eigenvalue weighted by atomic mass is 35.5. The van der Waals surface area contributed by atoms with Gasteiger partial charge >= 0.3 is 0 Å². The molecule has 0 radical (unpaired) electrons. The number of rotatable bonds is 4. The standard InChI is InChI=1S/C9H18ClNO2S/c1-9(2)7(10)6-8(9)11-4-5-14(3,12)13/h7-8,11H,4-6H2,1-3H3. The van der Waals surface area contributed by atoms with Crippen LogP contribution in [0.5, 0.6) is 0 Å². The van der Waals surface area contributed by atoms with E-state index < -0.39 is 9.84 Å². The minimum absolute atomic E-state index is 0.0824. The van der Waals surface area contributed by atoms with Gasteiger partial charge in [-0.15, -0.1) is 11.6 Å². The van der Waals surface area contributed by atoms with Crippen LogP contribution in [0.3, 0.4) is 0 Å². The lowest BCUT2D eigenvalue weighted by Crippen LogP contribution is -2.58. The van der Waals surface area contributed by atoms with Crippen LogP contribution in [0.2, 0.25) is 0 Å². The highest BCUT2D eigenvalue weighted by Crippen LogP contribution is 2.44. The summed E-state index contributed by atoms with van der Waals surface area (Å²) in [5, 5.41) is 3.44. The van der Waals surface area contributed by atoms with E-state index in [1.807, 2.05) is 0 Å². The van der Waals surface area contributed by atoms with E-state index in [2.05, 4.69) is 19.2 Å². The second-order valence-corrected chi connectivity index (χ2v) is 7.45. The predicted octanol–water partition coefficient (Wildman–Crippen LogP) is 1.03. The number of alkyl halides is 1. The van der Waals surface area contributed by atoms with Crippen molar-refractivity contribution >= 4 is 21.4 Å². The van der Waals surface area contributed by atoms with Crippen LogP contribution in [-0.2, 0) is 9.84 Å². The molecule has 1 aliphatic rings. The Morgan fingerprint density at radius 1 is 1.50 bits per heavy atom. The molecule has 0 heterocycles. The van der Waals surface area contributed by atoms with Crippen molar-refractivity contribution in [3.05, 3.63) is 0 Å². The molecule has 0 aromatic rings. The van der Waals surface area contributed by atoms with E-state index in [0.29, 0.717) is 12.6 Å². The molecular weight excluding hydrogens is 222 g/mol. The third kappa shape index (κ3) is 2.84. The van der Waals surface area contributed by atoms with Gasteiger partial charge in [0, 0.05) is 24.2 Å². The molecular formula is C9H18ClNO2S. The summed E-state index contributed by atoms with van der Waals surface area (Å²) < 4.78 is 21.8. The molecule has 2 atom stereocenters. The van der Waals surface area contributed by atoms with Crippen LogP contribution in [0.1, 0.15) is 20.3 Å². The Balaban J connectivity index is 2.28. The predicted molar refractivity (Wildman–Crippen MR) is 59.5 cm³/mol. The van der Waals surface area contributed by atoms with Gasteiger partial charge in [-0.05, 0) is 11.8 Å². The molecule has 1 N–H and O–H groups in total. The molecule has 1 fully saturated rings. The van der Waals surface area contributed by atoms with E-state index in [9.17, 15) is 8.42 Å². The smallest absolute Gasteiger partial charge is 0.148 e. The molecule has 1 rings (SSSR count). The maximum absolute atomic E-state index is 10.9. The van der Waals surface area contributed by atoms with Crippen LogP contribution < -0.4 is 5.32 Å². The molecule has 84 valence electrons. The van der Waals surface area contributed by atoms with Gasteiger partial charge in [-0.3, -0.25) is 0 Å². The summed E-state index contributed by atoms with van der Waals surface area (Å²) >= 11 is 6.05. The van der Waals surface area contributed by atoms with Crippen LogP contribution in [0, 0.1) is 5.41 Å². The average molecular weight is 240 g/mol. The molecule has 0 spiro atoms. The first-order valence-corrected chi connectivity index (χ1v) is 7.28. The molecule has 0 bridgehead atoms. The van der Waals surface area contributed by atoms with Gasteiger partial charge in [0.2, 0.25) is 0 Å². The summed E-state index contributed by atoms with van der Waals surface area (Å²) in [7, 11) is -2.85. The Morgan fingerprint density at radius 2 is 2.07 bits per heavy atom. The molecule has 2 unspecified atom stereocenters. The van der Waals surface area contributed by atoms with E-state index in [1.54, 1.807) is 0 Å². The molecule has 0 aromatic heterocycles. The van der Waals surface area contributed by atoms with Gasteiger partial charge in [0.05, 0.1) is 5.75 Å². The Morgan fingerprint density at radius 3 is 2.43 bits per heavy atom. The van der Waals surface area contributed by atoms with Crippen LogP contribution in [-0.4, -0.2) is 38.4 Å². The van der Waals surface area contributed by atoms with Crippen molar-refractivity contribution in [1.82, 2.24) is 5.32 Å². The minimum atomic E-state index is -2.85. The van der Waals surface area contributed by atoms with E-state index >= 15 is 0 Å². The lowest BCUT2D eigenvalue weighted by molar-refractivity contribution is 0.119. The Hall–Kier alpha value is 0.200. The van der Waals surface area contributed by atoms with E-state index in [0.717, 1.165) is 6.42 Å². The number of hydrogen-bond acceptors (Lipinski definition) is 3. The SMILES string of the molecule is CC1(C)C(Cl)CC1NCCS(C)(=O)=O. The van der Waals surface area contributed by atoms with Gasteiger partial charge in [0.25, 0.3) is 0 Å².